The van der Waals surface area contributed by atoms with Crippen molar-refractivity contribution >= 4 is 58.2 Å². The van der Waals surface area contributed by atoms with E-state index >= 15 is 4.79 Å². The van der Waals surface area contributed by atoms with Gasteiger partial charge in [-0.05, 0) is 103 Å². The van der Waals surface area contributed by atoms with Crippen molar-refractivity contribution in [2.45, 2.75) is 24.2 Å². The highest BCUT2D eigenvalue weighted by Gasteiger charge is 2.70. The van der Waals surface area contributed by atoms with Crippen LogP contribution in [0.3, 0.4) is 0 Å². The van der Waals surface area contributed by atoms with Crippen molar-refractivity contribution in [3.8, 4) is 5.75 Å². The molecule has 49 heavy (non-hydrogen) atoms. The zero-order valence-corrected chi connectivity index (χ0v) is 27.2. The summed E-state index contributed by atoms with van der Waals surface area (Å²) >= 11 is 12.4. The highest BCUT2D eigenvalue weighted by Crippen LogP contribution is 2.64. The van der Waals surface area contributed by atoms with Gasteiger partial charge in [-0.1, -0.05) is 59.1 Å². The third kappa shape index (κ3) is 4.70. The van der Waals surface area contributed by atoms with Crippen molar-refractivity contribution in [2.75, 3.05) is 10.3 Å². The molecule has 11 heteroatoms. The topological polar surface area (TPSA) is 107 Å². The number of halogens is 3. The van der Waals surface area contributed by atoms with Gasteiger partial charge in [0.25, 0.3) is 11.8 Å². The molecule has 2 aliphatic carbocycles. The Morgan fingerprint density at radius 3 is 2.14 bits per heavy atom. The molecule has 0 spiro atoms. The monoisotopic (exact) mass is 695 g/mol. The molecule has 2 saturated heterocycles. The van der Waals surface area contributed by atoms with Crippen LogP contribution in [-0.4, -0.2) is 33.7 Å². The minimum absolute atomic E-state index is 0.0317. The first-order valence-corrected chi connectivity index (χ1v) is 16.6. The van der Waals surface area contributed by atoms with Gasteiger partial charge in [-0.2, -0.15) is 5.01 Å². The van der Waals surface area contributed by atoms with Crippen LogP contribution in [0.25, 0.3) is 0 Å². The van der Waals surface area contributed by atoms with Gasteiger partial charge < -0.3 is 5.11 Å². The molecule has 0 unspecified atom stereocenters. The minimum Gasteiger partial charge on any atom is -0.508 e. The quantitative estimate of drug-likeness (QED) is 0.172. The van der Waals surface area contributed by atoms with Crippen LogP contribution in [-0.2, 0) is 24.6 Å². The third-order valence-electron chi connectivity index (χ3n) is 10.5. The van der Waals surface area contributed by atoms with E-state index in [0.717, 1.165) is 10.6 Å². The molecule has 6 atom stereocenters. The predicted octanol–water partition coefficient (Wildman–Crippen LogP) is 7.03. The summed E-state index contributed by atoms with van der Waals surface area (Å²) in [5.74, 6) is -6.10. The summed E-state index contributed by atoms with van der Waals surface area (Å²) in [6, 6.07) is 25.2. The second kappa shape index (κ2) is 11.6. The lowest BCUT2D eigenvalue weighted by molar-refractivity contribution is -0.138. The molecule has 0 aromatic heterocycles. The molecule has 4 aromatic rings. The first kappa shape index (κ1) is 31.3. The fourth-order valence-electron chi connectivity index (χ4n) is 8.58. The van der Waals surface area contributed by atoms with Gasteiger partial charge in [0, 0.05) is 16.0 Å². The second-order valence-corrected chi connectivity index (χ2v) is 13.8. The fourth-order valence-corrected chi connectivity index (χ4v) is 8.83. The van der Waals surface area contributed by atoms with Gasteiger partial charge >= 0.3 is 0 Å². The standard InChI is InChI=1S/C38H28Cl2FN3O5/c39-22-6-4-21(5-7-22)38-31(35(47)44(37(38)49)42-25-12-10-24(41)11-13-25)19-30-28(33(38)20-2-1-3-27(45)18-20)16-17-29-32(30)36(48)43(34(29)46)26-14-8-23(40)9-15-26/h1-16,18,29-33,42,45H,17,19H2/t29-,30+,31-,32-,33-,38+/m0/s1. The van der Waals surface area contributed by atoms with Crippen molar-refractivity contribution < 1.29 is 28.7 Å². The zero-order chi connectivity index (χ0) is 34.2. The number of hydrazine groups is 1. The van der Waals surface area contributed by atoms with E-state index in [1.165, 1.54) is 35.2 Å². The van der Waals surface area contributed by atoms with E-state index in [4.69, 9.17) is 23.2 Å². The largest absolute Gasteiger partial charge is 0.508 e. The molecule has 8 rings (SSSR count). The molecule has 0 radical (unpaired) electrons. The van der Waals surface area contributed by atoms with E-state index in [-0.39, 0.29) is 30.4 Å². The summed E-state index contributed by atoms with van der Waals surface area (Å²) < 4.78 is 13.8. The molecule has 2 N–H and O–H groups in total. The molecule has 2 heterocycles. The molecule has 4 aromatic carbocycles. The van der Waals surface area contributed by atoms with E-state index < -0.39 is 52.6 Å². The number of phenolic OH excluding ortho intramolecular Hbond substituents is 1. The van der Waals surface area contributed by atoms with E-state index in [9.17, 15) is 23.9 Å². The minimum atomic E-state index is -1.53. The van der Waals surface area contributed by atoms with Crippen molar-refractivity contribution in [3.05, 3.63) is 136 Å². The summed E-state index contributed by atoms with van der Waals surface area (Å²) in [4.78, 5) is 59.1. The number of carbonyl (C=O) groups is 4. The Labute approximate surface area is 290 Å². The van der Waals surface area contributed by atoms with Gasteiger partial charge in [0.05, 0.1) is 34.5 Å². The highest BCUT2D eigenvalue weighted by atomic mass is 35.5. The van der Waals surface area contributed by atoms with E-state index in [1.54, 1.807) is 66.7 Å². The summed E-state index contributed by atoms with van der Waals surface area (Å²) in [5, 5.41) is 12.6. The number of hydrogen-bond acceptors (Lipinski definition) is 6. The third-order valence-corrected chi connectivity index (χ3v) is 11.0. The molecule has 246 valence electrons. The Hall–Kier alpha value is -4.99. The molecular formula is C38H28Cl2FN3O5. The number of imide groups is 2. The van der Waals surface area contributed by atoms with Gasteiger partial charge in [0.2, 0.25) is 11.8 Å². The summed E-state index contributed by atoms with van der Waals surface area (Å²) in [6.45, 7) is 0. The Kier molecular flexibility index (Phi) is 7.39. The molecule has 4 aliphatic rings. The SMILES string of the molecule is O=C1[C@@H]2C[C@@H]3C(=CC[C@@H]4C(=O)N(c5ccc(Cl)cc5)C(=O)[C@@H]43)[C@H](c3cccc(O)c3)[C@]2(c2ccc(Cl)cc2)C(=O)N1Nc1ccc(F)cc1. The zero-order valence-electron chi connectivity index (χ0n) is 25.7. The number of anilines is 2. The van der Waals surface area contributed by atoms with Crippen molar-refractivity contribution in [2.24, 2.45) is 23.7 Å². The number of benzene rings is 4. The lowest BCUT2D eigenvalue weighted by Crippen LogP contribution is -2.53. The van der Waals surface area contributed by atoms with Gasteiger partial charge in [-0.15, -0.1) is 0 Å². The maximum absolute atomic E-state index is 15.1. The number of phenols is 1. The van der Waals surface area contributed by atoms with E-state index in [2.05, 4.69) is 5.43 Å². The lowest BCUT2D eigenvalue weighted by Gasteiger charge is -2.50. The maximum atomic E-state index is 15.1. The molecule has 2 aliphatic heterocycles. The average molecular weight is 697 g/mol. The van der Waals surface area contributed by atoms with Gasteiger partial charge in [-0.25, -0.2) is 4.39 Å². The number of allylic oxidation sites excluding steroid dienone is 2. The number of amides is 4. The van der Waals surface area contributed by atoms with Crippen molar-refractivity contribution in [1.82, 2.24) is 5.01 Å². The Morgan fingerprint density at radius 1 is 0.796 bits per heavy atom. The number of nitrogens with zero attached hydrogens (tertiary/aromatic N) is 2. The number of aromatic hydroxyl groups is 1. The van der Waals surface area contributed by atoms with Crippen LogP contribution in [0.1, 0.15) is 29.9 Å². The first-order chi connectivity index (χ1) is 23.6. The van der Waals surface area contributed by atoms with Gasteiger partial charge in [0.15, 0.2) is 0 Å². The van der Waals surface area contributed by atoms with Crippen LogP contribution in [0.2, 0.25) is 10.0 Å². The number of fused-ring (bicyclic) bond motifs is 4. The number of nitrogens with one attached hydrogen (secondary N) is 1. The van der Waals surface area contributed by atoms with Crippen molar-refractivity contribution in [1.29, 1.82) is 0 Å². The number of carbonyl (C=O) groups excluding carboxylic acids is 4. The number of rotatable bonds is 5. The molecule has 3 fully saturated rings. The van der Waals surface area contributed by atoms with Crippen LogP contribution in [0.4, 0.5) is 15.8 Å². The second-order valence-electron chi connectivity index (χ2n) is 13.0. The van der Waals surface area contributed by atoms with Gasteiger partial charge in [0.1, 0.15) is 11.6 Å². The summed E-state index contributed by atoms with van der Waals surface area (Å²) in [5.41, 5.74) is 4.00. The summed E-state index contributed by atoms with van der Waals surface area (Å²) in [6.07, 6.45) is 2.30. The maximum Gasteiger partial charge on any atom is 0.260 e. The normalized spacial score (nSPS) is 27.5. The van der Waals surface area contributed by atoms with Crippen molar-refractivity contribution in [3.63, 3.8) is 0 Å². The lowest BCUT2D eigenvalue weighted by atomic mass is 9.49. The molecule has 1 saturated carbocycles. The summed E-state index contributed by atoms with van der Waals surface area (Å²) in [7, 11) is 0. The van der Waals surface area contributed by atoms with E-state index in [1.807, 2.05) is 6.08 Å². The van der Waals surface area contributed by atoms with Crippen LogP contribution < -0.4 is 10.3 Å². The van der Waals surface area contributed by atoms with Crippen LogP contribution in [0.15, 0.2) is 109 Å². The number of hydrogen-bond donors (Lipinski definition) is 2. The smallest absolute Gasteiger partial charge is 0.260 e. The molecular weight excluding hydrogens is 668 g/mol. The molecule has 8 nitrogen and oxygen atoms in total. The Morgan fingerprint density at radius 2 is 1.47 bits per heavy atom. The molecule has 0 bridgehead atoms. The fraction of sp³-hybridized carbons (Fsp3) is 0.211. The Balaban J connectivity index is 1.31. The highest BCUT2D eigenvalue weighted by molar-refractivity contribution is 6.31. The first-order valence-electron chi connectivity index (χ1n) is 15.9. The predicted molar refractivity (Wildman–Crippen MR) is 181 cm³/mol. The van der Waals surface area contributed by atoms with Crippen LogP contribution >= 0.6 is 23.2 Å². The average Bonchev–Trinajstić information content (AvgIpc) is 3.47. The van der Waals surface area contributed by atoms with Crippen LogP contribution in [0, 0.1) is 29.5 Å². The van der Waals surface area contributed by atoms with E-state index in [0.29, 0.717) is 32.5 Å². The Bertz CT molecular complexity index is 2070. The van der Waals surface area contributed by atoms with Crippen LogP contribution in [0.5, 0.6) is 5.75 Å². The molecule has 4 amide bonds. The van der Waals surface area contributed by atoms with Gasteiger partial charge in [-0.3, -0.25) is 29.5 Å².